The van der Waals surface area contributed by atoms with E-state index in [2.05, 4.69) is 28.2 Å². The quantitative estimate of drug-likeness (QED) is 0.504. The van der Waals surface area contributed by atoms with Crippen LogP contribution in [0, 0.1) is 13.8 Å². The largest absolute Gasteiger partial charge is 0.483 e. The summed E-state index contributed by atoms with van der Waals surface area (Å²) in [5.41, 5.74) is 3.06. The molecule has 1 atom stereocenters. The van der Waals surface area contributed by atoms with E-state index < -0.39 is 6.04 Å². The van der Waals surface area contributed by atoms with Gasteiger partial charge < -0.3 is 15.0 Å². The highest BCUT2D eigenvalue weighted by Gasteiger charge is 2.26. The highest BCUT2D eigenvalue weighted by atomic mass is 79.9. The maximum absolute atomic E-state index is 13.1. The van der Waals surface area contributed by atoms with E-state index in [1.807, 2.05) is 56.3 Å². The van der Waals surface area contributed by atoms with E-state index in [0.29, 0.717) is 18.8 Å². The summed E-state index contributed by atoms with van der Waals surface area (Å²) >= 11 is 3.47. The normalized spacial score (nSPS) is 11.6. The first-order valence-corrected chi connectivity index (χ1v) is 11.1. The second-order valence-electron chi connectivity index (χ2n) is 7.46. The van der Waals surface area contributed by atoms with E-state index in [-0.39, 0.29) is 18.4 Å². The lowest BCUT2D eigenvalue weighted by Crippen LogP contribution is -2.49. The Kier molecular flexibility index (Phi) is 9.37. The summed E-state index contributed by atoms with van der Waals surface area (Å²) in [5, 5.41) is 2.92. The van der Waals surface area contributed by atoms with E-state index in [9.17, 15) is 9.59 Å². The smallest absolute Gasteiger partial charge is 0.261 e. The van der Waals surface area contributed by atoms with Crippen LogP contribution in [0.15, 0.2) is 46.9 Å². The van der Waals surface area contributed by atoms with Gasteiger partial charge in [-0.05, 0) is 62.1 Å². The number of aryl methyl sites for hydroxylation is 1. The number of carbonyl (C=O) groups excluding carboxylic acids is 2. The third kappa shape index (κ3) is 6.87. The number of nitrogens with one attached hydrogen (secondary N) is 1. The van der Waals surface area contributed by atoms with Gasteiger partial charge in [-0.1, -0.05) is 53.5 Å². The number of rotatable bonds is 10. The number of carbonyl (C=O) groups is 2. The van der Waals surface area contributed by atoms with Gasteiger partial charge in [0.25, 0.3) is 5.91 Å². The Morgan fingerprint density at radius 1 is 1.17 bits per heavy atom. The highest BCUT2D eigenvalue weighted by molar-refractivity contribution is 9.10. The SMILES string of the molecule is CCCCNC(=O)[C@H](C)N(Cc1cccc(Br)c1)C(=O)COc1cccc(C)c1C. The van der Waals surface area contributed by atoms with Crippen molar-refractivity contribution in [2.24, 2.45) is 0 Å². The third-order valence-corrected chi connectivity index (χ3v) is 5.64. The molecule has 0 aliphatic heterocycles. The Morgan fingerprint density at radius 3 is 2.60 bits per heavy atom. The molecule has 0 aromatic heterocycles. The molecule has 0 unspecified atom stereocenters. The topological polar surface area (TPSA) is 58.6 Å². The number of nitrogens with zero attached hydrogens (tertiary/aromatic N) is 1. The molecule has 162 valence electrons. The number of unbranched alkanes of at least 4 members (excludes halogenated alkanes) is 1. The van der Waals surface area contributed by atoms with Crippen LogP contribution in [0.3, 0.4) is 0 Å². The molecule has 2 amide bonds. The van der Waals surface area contributed by atoms with Crippen LogP contribution in [0.25, 0.3) is 0 Å². The van der Waals surface area contributed by atoms with Crippen LogP contribution >= 0.6 is 15.9 Å². The Bertz CT molecular complexity index is 869. The average molecular weight is 475 g/mol. The second kappa shape index (κ2) is 11.7. The van der Waals surface area contributed by atoms with Crippen molar-refractivity contribution >= 4 is 27.7 Å². The zero-order valence-corrected chi connectivity index (χ0v) is 19.8. The van der Waals surface area contributed by atoms with Crippen LogP contribution in [0.1, 0.15) is 43.4 Å². The summed E-state index contributed by atoms with van der Waals surface area (Å²) in [4.78, 5) is 27.3. The van der Waals surface area contributed by atoms with Crippen molar-refractivity contribution in [3.05, 3.63) is 63.6 Å². The van der Waals surface area contributed by atoms with Crippen LogP contribution in [0.5, 0.6) is 5.75 Å². The fraction of sp³-hybridized carbons (Fsp3) is 0.417. The molecule has 0 spiro atoms. The number of ether oxygens (including phenoxy) is 1. The first-order valence-electron chi connectivity index (χ1n) is 10.3. The molecule has 0 saturated carbocycles. The molecule has 2 aromatic carbocycles. The van der Waals surface area contributed by atoms with Crippen LogP contribution < -0.4 is 10.1 Å². The Hall–Kier alpha value is -2.34. The fourth-order valence-electron chi connectivity index (χ4n) is 3.05. The van der Waals surface area contributed by atoms with Crippen molar-refractivity contribution in [3.63, 3.8) is 0 Å². The van der Waals surface area contributed by atoms with Crippen molar-refractivity contribution in [2.75, 3.05) is 13.2 Å². The maximum Gasteiger partial charge on any atom is 0.261 e. The zero-order valence-electron chi connectivity index (χ0n) is 18.2. The summed E-state index contributed by atoms with van der Waals surface area (Å²) in [6, 6.07) is 12.9. The van der Waals surface area contributed by atoms with Gasteiger partial charge in [-0.3, -0.25) is 9.59 Å². The molecule has 0 fully saturated rings. The molecule has 0 saturated heterocycles. The molecule has 0 heterocycles. The van der Waals surface area contributed by atoms with Crippen LogP contribution in [0.2, 0.25) is 0 Å². The van der Waals surface area contributed by atoms with E-state index in [0.717, 1.165) is 34.0 Å². The van der Waals surface area contributed by atoms with Gasteiger partial charge in [-0.15, -0.1) is 0 Å². The van der Waals surface area contributed by atoms with Gasteiger partial charge in [0, 0.05) is 17.6 Å². The summed E-state index contributed by atoms with van der Waals surface area (Å²) in [7, 11) is 0. The van der Waals surface area contributed by atoms with E-state index >= 15 is 0 Å². The maximum atomic E-state index is 13.1. The number of benzene rings is 2. The number of amides is 2. The summed E-state index contributed by atoms with van der Waals surface area (Å²) in [6.45, 7) is 8.63. The zero-order chi connectivity index (χ0) is 22.1. The van der Waals surface area contributed by atoms with Gasteiger partial charge in [0.2, 0.25) is 5.91 Å². The lowest BCUT2D eigenvalue weighted by Gasteiger charge is -2.29. The molecular weight excluding hydrogens is 444 g/mol. The Balaban J connectivity index is 2.15. The van der Waals surface area contributed by atoms with Crippen molar-refractivity contribution in [1.82, 2.24) is 10.2 Å². The molecule has 0 radical (unpaired) electrons. The van der Waals surface area contributed by atoms with Gasteiger partial charge in [0.15, 0.2) is 6.61 Å². The lowest BCUT2D eigenvalue weighted by atomic mass is 10.1. The molecule has 1 N–H and O–H groups in total. The molecule has 2 aromatic rings. The second-order valence-corrected chi connectivity index (χ2v) is 8.37. The molecule has 2 rings (SSSR count). The summed E-state index contributed by atoms with van der Waals surface area (Å²) in [6.07, 6.45) is 1.91. The minimum Gasteiger partial charge on any atom is -0.483 e. The lowest BCUT2D eigenvalue weighted by molar-refractivity contribution is -0.142. The molecular formula is C24H31BrN2O3. The van der Waals surface area contributed by atoms with Gasteiger partial charge in [-0.2, -0.15) is 0 Å². The van der Waals surface area contributed by atoms with Crippen LogP contribution in [0.4, 0.5) is 0 Å². The van der Waals surface area contributed by atoms with Crippen molar-refractivity contribution < 1.29 is 14.3 Å². The van der Waals surface area contributed by atoms with Crippen molar-refractivity contribution in [1.29, 1.82) is 0 Å². The van der Waals surface area contributed by atoms with Crippen LogP contribution in [-0.4, -0.2) is 35.9 Å². The number of hydrogen-bond acceptors (Lipinski definition) is 3. The van der Waals surface area contributed by atoms with Gasteiger partial charge >= 0.3 is 0 Å². The van der Waals surface area contributed by atoms with Gasteiger partial charge in [0.1, 0.15) is 11.8 Å². The predicted octanol–water partition coefficient (Wildman–Crippen LogP) is 4.78. The molecule has 0 aliphatic carbocycles. The number of hydrogen-bond donors (Lipinski definition) is 1. The average Bonchev–Trinajstić information content (AvgIpc) is 2.72. The molecule has 6 heteroatoms. The molecule has 30 heavy (non-hydrogen) atoms. The van der Waals surface area contributed by atoms with Crippen molar-refractivity contribution in [3.8, 4) is 5.75 Å². The Labute approximate surface area is 187 Å². The number of halogens is 1. The van der Waals surface area contributed by atoms with E-state index in [1.54, 1.807) is 11.8 Å². The minimum atomic E-state index is -0.601. The van der Waals surface area contributed by atoms with E-state index in [4.69, 9.17) is 4.74 Å². The fourth-order valence-corrected chi connectivity index (χ4v) is 3.50. The molecule has 0 aliphatic rings. The first kappa shape index (κ1) is 23.9. The summed E-state index contributed by atoms with van der Waals surface area (Å²) < 4.78 is 6.75. The first-order chi connectivity index (χ1) is 14.3. The predicted molar refractivity (Wildman–Crippen MR) is 123 cm³/mol. The highest BCUT2D eigenvalue weighted by Crippen LogP contribution is 2.21. The van der Waals surface area contributed by atoms with Crippen molar-refractivity contribution in [2.45, 2.75) is 53.1 Å². The monoisotopic (exact) mass is 474 g/mol. The van der Waals surface area contributed by atoms with E-state index in [1.165, 1.54) is 0 Å². The third-order valence-electron chi connectivity index (χ3n) is 5.14. The Morgan fingerprint density at radius 2 is 1.90 bits per heavy atom. The van der Waals surface area contributed by atoms with Crippen LogP contribution in [-0.2, 0) is 16.1 Å². The summed E-state index contributed by atoms with van der Waals surface area (Å²) in [5.74, 6) is 0.304. The van der Waals surface area contributed by atoms with Gasteiger partial charge in [-0.25, -0.2) is 0 Å². The molecule has 0 bridgehead atoms. The standard InChI is InChI=1S/C24H31BrN2O3/c1-5-6-13-26-24(29)19(4)27(15-20-10-8-11-21(25)14-20)23(28)16-30-22-12-7-9-17(2)18(22)3/h7-12,14,19H,5-6,13,15-16H2,1-4H3,(H,26,29)/t19-/m0/s1. The molecule has 5 nitrogen and oxygen atoms in total. The minimum absolute atomic E-state index is 0.120. The van der Waals surface area contributed by atoms with Gasteiger partial charge in [0.05, 0.1) is 0 Å².